The van der Waals surface area contributed by atoms with Gasteiger partial charge in [0.15, 0.2) is 0 Å². The Morgan fingerprint density at radius 1 is 1.18 bits per heavy atom. The van der Waals surface area contributed by atoms with E-state index >= 15 is 0 Å². The van der Waals surface area contributed by atoms with Gasteiger partial charge in [-0.1, -0.05) is 25.7 Å². The molecular weight excluding hydrogens is 408 g/mol. The van der Waals surface area contributed by atoms with Gasteiger partial charge in [0, 0.05) is 15.0 Å². The van der Waals surface area contributed by atoms with Crippen LogP contribution in [0, 0.1) is 6.92 Å². The van der Waals surface area contributed by atoms with Crippen LogP contribution in [0.15, 0.2) is 21.1 Å². The molecule has 0 atom stereocenters. The predicted molar refractivity (Wildman–Crippen MR) is 99.3 cm³/mol. The van der Waals surface area contributed by atoms with Crippen LogP contribution in [-0.2, 0) is 4.79 Å². The number of carbonyl (C=O) groups is 1. The summed E-state index contributed by atoms with van der Waals surface area (Å²) in [5.41, 5.74) is 1.96. The van der Waals surface area contributed by atoms with Gasteiger partial charge >= 0.3 is 0 Å². The number of carbonyl (C=O) groups excluding carboxylic acids is 1. The van der Waals surface area contributed by atoms with Crippen molar-refractivity contribution in [3.63, 3.8) is 0 Å². The second-order valence-electron chi connectivity index (χ2n) is 6.21. The maximum atomic E-state index is 12.3. The molecule has 1 saturated carbocycles. The largest absolute Gasteiger partial charge is 0.323 e. The highest BCUT2D eigenvalue weighted by atomic mass is 79.9. The predicted octanol–water partition coefficient (Wildman–Crippen LogP) is 5.11. The minimum atomic E-state index is 0.0389. The summed E-state index contributed by atoms with van der Waals surface area (Å²) in [6.45, 7) is 2.47. The summed E-state index contributed by atoms with van der Waals surface area (Å²) in [5.74, 6) is 0.0389. The molecule has 5 heteroatoms. The van der Waals surface area contributed by atoms with E-state index in [-0.39, 0.29) is 5.91 Å². The maximum Gasteiger partial charge on any atom is 0.238 e. The standard InChI is InChI=1S/C17H24Br2N2O/c1-12-9-14(18)17(15(19)10-12)20-16(22)11-21(2)13-7-5-3-4-6-8-13/h9-10,13H,3-8,11H2,1-2H3,(H,20,22). The van der Waals surface area contributed by atoms with Crippen LogP contribution >= 0.6 is 31.9 Å². The quantitative estimate of drug-likeness (QED) is 0.671. The maximum absolute atomic E-state index is 12.3. The molecule has 0 saturated heterocycles. The second kappa shape index (κ2) is 8.46. The van der Waals surface area contributed by atoms with Gasteiger partial charge in [0.1, 0.15) is 0 Å². The van der Waals surface area contributed by atoms with Crippen LogP contribution in [0.4, 0.5) is 5.69 Å². The highest BCUT2D eigenvalue weighted by Gasteiger charge is 2.19. The Kier molecular flexibility index (Phi) is 6.90. The molecule has 0 aromatic heterocycles. The molecule has 0 bridgehead atoms. The molecule has 22 heavy (non-hydrogen) atoms. The van der Waals surface area contributed by atoms with E-state index < -0.39 is 0 Å². The summed E-state index contributed by atoms with van der Waals surface area (Å²) >= 11 is 7.04. The lowest BCUT2D eigenvalue weighted by atomic mass is 10.1. The smallest absolute Gasteiger partial charge is 0.238 e. The number of halogens is 2. The van der Waals surface area contributed by atoms with E-state index in [0.29, 0.717) is 12.6 Å². The highest BCUT2D eigenvalue weighted by molar-refractivity contribution is 9.11. The first-order chi connectivity index (χ1) is 10.5. The number of rotatable bonds is 4. The van der Waals surface area contributed by atoms with Gasteiger partial charge in [-0.25, -0.2) is 0 Å². The van der Waals surface area contributed by atoms with Gasteiger partial charge in [-0.15, -0.1) is 0 Å². The molecule has 1 aliphatic rings. The average Bonchev–Trinajstić information content (AvgIpc) is 2.71. The molecule has 1 fully saturated rings. The van der Waals surface area contributed by atoms with Gasteiger partial charge in [0.2, 0.25) is 5.91 Å². The second-order valence-corrected chi connectivity index (χ2v) is 7.92. The number of likely N-dealkylation sites (N-methyl/N-ethyl adjacent to an activating group) is 1. The molecule has 1 amide bonds. The molecule has 0 heterocycles. The first-order valence-corrected chi connectivity index (χ1v) is 9.51. The molecule has 3 nitrogen and oxygen atoms in total. The van der Waals surface area contributed by atoms with Crippen LogP contribution in [0.2, 0.25) is 0 Å². The Morgan fingerprint density at radius 2 is 1.73 bits per heavy atom. The van der Waals surface area contributed by atoms with Crippen molar-refractivity contribution in [3.05, 3.63) is 26.6 Å². The first-order valence-electron chi connectivity index (χ1n) is 7.93. The minimum Gasteiger partial charge on any atom is -0.323 e. The highest BCUT2D eigenvalue weighted by Crippen LogP contribution is 2.32. The van der Waals surface area contributed by atoms with E-state index in [4.69, 9.17) is 0 Å². The SMILES string of the molecule is Cc1cc(Br)c(NC(=O)CN(C)C2CCCCCC2)c(Br)c1. The molecule has 0 radical (unpaired) electrons. The molecule has 0 unspecified atom stereocenters. The van der Waals surface area contributed by atoms with Crippen molar-refractivity contribution in [2.24, 2.45) is 0 Å². The molecule has 1 aromatic rings. The number of nitrogens with one attached hydrogen (secondary N) is 1. The van der Waals surface area contributed by atoms with Gasteiger partial charge in [-0.3, -0.25) is 9.69 Å². The Labute approximate surface area is 150 Å². The number of anilines is 1. The number of hydrogen-bond donors (Lipinski definition) is 1. The zero-order valence-electron chi connectivity index (χ0n) is 13.3. The summed E-state index contributed by atoms with van der Waals surface area (Å²) in [4.78, 5) is 14.6. The van der Waals surface area contributed by atoms with Gasteiger partial charge < -0.3 is 5.32 Å². The van der Waals surface area contributed by atoms with Gasteiger partial charge in [-0.2, -0.15) is 0 Å². The Balaban J connectivity index is 1.95. The summed E-state index contributed by atoms with van der Waals surface area (Å²) < 4.78 is 1.81. The fourth-order valence-corrected chi connectivity index (χ4v) is 4.67. The van der Waals surface area contributed by atoms with E-state index in [1.54, 1.807) is 0 Å². The molecule has 1 N–H and O–H groups in total. The molecule has 0 spiro atoms. The average molecular weight is 432 g/mol. The lowest BCUT2D eigenvalue weighted by molar-refractivity contribution is -0.117. The zero-order valence-corrected chi connectivity index (χ0v) is 16.5. The fraction of sp³-hybridized carbons (Fsp3) is 0.588. The first kappa shape index (κ1) is 18.0. The van der Waals surface area contributed by atoms with Crippen molar-refractivity contribution in [2.45, 2.75) is 51.5 Å². The van der Waals surface area contributed by atoms with Gasteiger partial charge in [0.05, 0.1) is 12.2 Å². The third-order valence-electron chi connectivity index (χ3n) is 4.29. The van der Waals surface area contributed by atoms with Crippen LogP contribution in [0.1, 0.15) is 44.1 Å². The molecule has 122 valence electrons. The molecule has 2 rings (SSSR count). The molecule has 1 aromatic carbocycles. The summed E-state index contributed by atoms with van der Waals surface area (Å²) in [7, 11) is 2.06. The van der Waals surface area contributed by atoms with E-state index in [0.717, 1.165) is 20.2 Å². The van der Waals surface area contributed by atoms with Crippen LogP contribution in [-0.4, -0.2) is 30.4 Å². The topological polar surface area (TPSA) is 32.3 Å². The number of hydrogen-bond acceptors (Lipinski definition) is 2. The number of benzene rings is 1. The number of aryl methyl sites for hydroxylation is 1. The van der Waals surface area contributed by atoms with E-state index in [1.165, 1.54) is 38.5 Å². The lowest BCUT2D eigenvalue weighted by Gasteiger charge is -2.26. The third kappa shape index (κ3) is 5.07. The van der Waals surface area contributed by atoms with Crippen molar-refractivity contribution in [2.75, 3.05) is 18.9 Å². The van der Waals surface area contributed by atoms with Crippen molar-refractivity contribution in [1.29, 1.82) is 0 Å². The van der Waals surface area contributed by atoms with Crippen molar-refractivity contribution < 1.29 is 4.79 Å². The monoisotopic (exact) mass is 430 g/mol. The van der Waals surface area contributed by atoms with Crippen LogP contribution in [0.5, 0.6) is 0 Å². The van der Waals surface area contributed by atoms with E-state index in [1.807, 2.05) is 19.1 Å². The summed E-state index contributed by atoms with van der Waals surface area (Å²) in [6, 6.07) is 4.56. The minimum absolute atomic E-state index is 0.0389. The number of amides is 1. The van der Waals surface area contributed by atoms with Crippen LogP contribution in [0.3, 0.4) is 0 Å². The van der Waals surface area contributed by atoms with E-state index in [9.17, 15) is 4.79 Å². The van der Waals surface area contributed by atoms with Crippen molar-refractivity contribution >= 4 is 43.5 Å². The molecular formula is C17H24Br2N2O. The Morgan fingerprint density at radius 3 is 2.27 bits per heavy atom. The van der Waals surface area contributed by atoms with E-state index in [2.05, 4.69) is 49.1 Å². The Bertz CT molecular complexity index is 502. The lowest BCUT2D eigenvalue weighted by Crippen LogP contribution is -2.37. The number of nitrogens with zero attached hydrogens (tertiary/aromatic N) is 1. The van der Waals surface area contributed by atoms with Crippen molar-refractivity contribution in [3.8, 4) is 0 Å². The fourth-order valence-electron chi connectivity index (χ4n) is 3.05. The summed E-state index contributed by atoms with van der Waals surface area (Å²) in [5, 5.41) is 3.02. The molecule has 0 aliphatic heterocycles. The van der Waals surface area contributed by atoms with Gasteiger partial charge in [0.25, 0.3) is 0 Å². The van der Waals surface area contributed by atoms with Crippen molar-refractivity contribution in [1.82, 2.24) is 4.90 Å². The Hall–Kier alpha value is -0.390. The zero-order chi connectivity index (χ0) is 16.1. The summed E-state index contributed by atoms with van der Waals surface area (Å²) in [6.07, 6.45) is 7.65. The molecule has 1 aliphatic carbocycles. The van der Waals surface area contributed by atoms with Gasteiger partial charge in [-0.05, 0) is 76.4 Å². The third-order valence-corrected chi connectivity index (χ3v) is 5.54. The van der Waals surface area contributed by atoms with Crippen LogP contribution < -0.4 is 5.32 Å². The van der Waals surface area contributed by atoms with Crippen LogP contribution in [0.25, 0.3) is 0 Å². The normalized spacial score (nSPS) is 16.6.